The Hall–Kier alpha value is -2.41. The Balaban J connectivity index is 2.06. The van der Waals surface area contributed by atoms with Crippen LogP contribution >= 0.6 is 0 Å². The molecule has 2 atom stereocenters. The van der Waals surface area contributed by atoms with Gasteiger partial charge in [0.15, 0.2) is 0 Å². The molecule has 1 saturated heterocycles. The van der Waals surface area contributed by atoms with Gasteiger partial charge in [-0.15, -0.1) is 0 Å². The van der Waals surface area contributed by atoms with E-state index < -0.39 is 24.0 Å². The van der Waals surface area contributed by atoms with Crippen molar-refractivity contribution in [3.05, 3.63) is 35.9 Å². The summed E-state index contributed by atoms with van der Waals surface area (Å²) in [6.07, 6.45) is 0.919. The van der Waals surface area contributed by atoms with Gasteiger partial charge in [0.25, 0.3) is 0 Å². The maximum atomic E-state index is 12.6. The summed E-state index contributed by atoms with van der Waals surface area (Å²) in [5.74, 6) is -2.00. The number of aliphatic carboxylic acids is 1. The van der Waals surface area contributed by atoms with E-state index in [1.165, 1.54) is 4.90 Å². The monoisotopic (exact) mass is 319 g/mol. The molecule has 1 aliphatic heterocycles. The van der Waals surface area contributed by atoms with Gasteiger partial charge in [0.1, 0.15) is 6.04 Å². The molecule has 7 heteroatoms. The molecule has 0 saturated carbocycles. The minimum Gasteiger partial charge on any atom is -0.480 e. The smallest absolute Gasteiger partial charge is 0.326 e. The van der Waals surface area contributed by atoms with Crippen molar-refractivity contribution in [3.8, 4) is 0 Å². The van der Waals surface area contributed by atoms with Gasteiger partial charge in [-0.2, -0.15) is 0 Å². The third-order valence-corrected chi connectivity index (χ3v) is 3.92. The first-order valence-corrected chi connectivity index (χ1v) is 7.58. The van der Waals surface area contributed by atoms with E-state index in [1.54, 1.807) is 0 Å². The van der Waals surface area contributed by atoms with Gasteiger partial charge in [0, 0.05) is 13.1 Å². The van der Waals surface area contributed by atoms with Crippen LogP contribution in [0.1, 0.15) is 24.8 Å². The number of hydrogen-bond donors (Lipinski definition) is 3. The number of carbonyl (C=O) groups excluding carboxylic acids is 2. The molecule has 124 valence electrons. The molecule has 1 aromatic carbocycles. The maximum absolute atomic E-state index is 12.6. The summed E-state index contributed by atoms with van der Waals surface area (Å²) in [4.78, 5) is 36.4. The van der Waals surface area contributed by atoms with Crippen molar-refractivity contribution in [2.75, 3.05) is 6.54 Å². The molecule has 23 heavy (non-hydrogen) atoms. The number of nitrogens with zero attached hydrogens (tertiary/aromatic N) is 1. The number of primary amides is 1. The van der Waals surface area contributed by atoms with Crippen LogP contribution < -0.4 is 11.1 Å². The van der Waals surface area contributed by atoms with Gasteiger partial charge in [-0.25, -0.2) is 4.79 Å². The predicted octanol–water partition coefficient (Wildman–Crippen LogP) is 0.0958. The summed E-state index contributed by atoms with van der Waals surface area (Å²) in [5.41, 5.74) is 6.19. The van der Waals surface area contributed by atoms with Gasteiger partial charge in [-0.05, 0) is 18.4 Å². The molecule has 1 fully saturated rings. The third-order valence-electron chi connectivity index (χ3n) is 3.92. The first-order valence-electron chi connectivity index (χ1n) is 7.58. The minimum absolute atomic E-state index is 0.158. The molecular formula is C16H21N3O4. The van der Waals surface area contributed by atoms with E-state index in [2.05, 4.69) is 5.32 Å². The summed E-state index contributed by atoms with van der Waals surface area (Å²) >= 11 is 0. The summed E-state index contributed by atoms with van der Waals surface area (Å²) in [6, 6.07) is 7.80. The Kier molecular flexibility index (Phi) is 5.70. The molecule has 0 spiro atoms. The third kappa shape index (κ3) is 4.53. The van der Waals surface area contributed by atoms with Crippen LogP contribution in [0.4, 0.5) is 0 Å². The van der Waals surface area contributed by atoms with Gasteiger partial charge in [-0.3, -0.25) is 9.59 Å². The molecule has 0 unspecified atom stereocenters. The van der Waals surface area contributed by atoms with Gasteiger partial charge in [-0.1, -0.05) is 30.3 Å². The summed E-state index contributed by atoms with van der Waals surface area (Å²) in [7, 11) is 0. The molecular weight excluding hydrogens is 298 g/mol. The molecule has 0 bridgehead atoms. The fraction of sp³-hybridized carbons (Fsp3) is 0.438. The number of carbonyl (C=O) groups is 3. The fourth-order valence-electron chi connectivity index (χ4n) is 2.77. The number of rotatable bonds is 7. The number of carboxylic acid groups (broad SMARTS) is 1. The summed E-state index contributed by atoms with van der Waals surface area (Å²) < 4.78 is 0. The second kappa shape index (κ2) is 7.73. The zero-order valence-corrected chi connectivity index (χ0v) is 12.8. The maximum Gasteiger partial charge on any atom is 0.326 e. The Bertz CT molecular complexity index is 576. The van der Waals surface area contributed by atoms with E-state index >= 15 is 0 Å². The van der Waals surface area contributed by atoms with E-state index in [1.807, 2.05) is 30.3 Å². The Morgan fingerprint density at radius 3 is 2.61 bits per heavy atom. The molecule has 1 heterocycles. The quantitative estimate of drug-likeness (QED) is 0.659. The molecule has 2 amide bonds. The van der Waals surface area contributed by atoms with Gasteiger partial charge in [0.05, 0.1) is 12.5 Å². The normalized spacial score (nSPS) is 18.6. The average molecular weight is 319 g/mol. The second-order valence-corrected chi connectivity index (χ2v) is 5.62. The molecule has 2 rings (SSSR count). The second-order valence-electron chi connectivity index (χ2n) is 5.62. The van der Waals surface area contributed by atoms with Crippen molar-refractivity contribution in [3.63, 3.8) is 0 Å². The van der Waals surface area contributed by atoms with Gasteiger partial charge in [0.2, 0.25) is 11.8 Å². The molecule has 0 radical (unpaired) electrons. The summed E-state index contributed by atoms with van der Waals surface area (Å²) in [5, 5.41) is 12.2. The van der Waals surface area contributed by atoms with E-state index in [-0.39, 0.29) is 12.3 Å². The minimum atomic E-state index is -1.02. The highest BCUT2D eigenvalue weighted by Gasteiger charge is 2.37. The van der Waals surface area contributed by atoms with Crippen molar-refractivity contribution in [1.82, 2.24) is 10.2 Å². The molecule has 1 aliphatic rings. The zero-order chi connectivity index (χ0) is 16.8. The van der Waals surface area contributed by atoms with Crippen LogP contribution in [0.5, 0.6) is 0 Å². The number of hydrogen-bond acceptors (Lipinski definition) is 4. The average Bonchev–Trinajstić information content (AvgIpc) is 3.01. The molecule has 0 aromatic heterocycles. The molecule has 1 aromatic rings. The van der Waals surface area contributed by atoms with E-state index in [0.717, 1.165) is 5.56 Å². The number of amides is 2. The van der Waals surface area contributed by atoms with Crippen LogP contribution in [0.25, 0.3) is 0 Å². The lowest BCUT2D eigenvalue weighted by molar-refractivity contribution is -0.149. The molecule has 7 nitrogen and oxygen atoms in total. The highest BCUT2D eigenvalue weighted by molar-refractivity contribution is 5.91. The van der Waals surface area contributed by atoms with E-state index in [9.17, 15) is 19.5 Å². The fourth-order valence-corrected chi connectivity index (χ4v) is 2.77. The standard InChI is InChI=1S/C16H21N3O4/c17-14(20)9-12(18-10-11-5-2-1-3-6-11)15(21)19-8-4-7-13(19)16(22)23/h1-3,5-6,12-13,18H,4,7-10H2,(H2,17,20)(H,22,23)/t12-,13-/m0/s1. The highest BCUT2D eigenvalue weighted by atomic mass is 16.4. The SMILES string of the molecule is NC(=O)C[C@H](NCc1ccccc1)C(=O)N1CCC[C@H]1C(=O)O. The lowest BCUT2D eigenvalue weighted by atomic mass is 10.1. The Morgan fingerprint density at radius 2 is 2.00 bits per heavy atom. The number of benzene rings is 1. The Labute approximate surface area is 134 Å². The Morgan fingerprint density at radius 1 is 1.30 bits per heavy atom. The van der Waals surface area contributed by atoms with Crippen LogP contribution in [0, 0.1) is 0 Å². The predicted molar refractivity (Wildman–Crippen MR) is 83.3 cm³/mol. The van der Waals surface area contributed by atoms with Crippen LogP contribution in [0.2, 0.25) is 0 Å². The summed E-state index contributed by atoms with van der Waals surface area (Å²) in [6.45, 7) is 0.786. The van der Waals surface area contributed by atoms with Crippen molar-refractivity contribution < 1.29 is 19.5 Å². The van der Waals surface area contributed by atoms with Gasteiger partial charge < -0.3 is 21.1 Å². The lowest BCUT2D eigenvalue weighted by Gasteiger charge is -2.27. The number of likely N-dealkylation sites (tertiary alicyclic amines) is 1. The van der Waals surface area contributed by atoms with Crippen molar-refractivity contribution in [2.45, 2.75) is 37.9 Å². The highest BCUT2D eigenvalue weighted by Crippen LogP contribution is 2.19. The van der Waals surface area contributed by atoms with E-state index in [0.29, 0.717) is 25.9 Å². The van der Waals surface area contributed by atoms with Crippen molar-refractivity contribution >= 4 is 17.8 Å². The first kappa shape index (κ1) is 17.0. The van der Waals surface area contributed by atoms with Crippen LogP contribution in [0.3, 0.4) is 0 Å². The van der Waals surface area contributed by atoms with Crippen molar-refractivity contribution in [2.24, 2.45) is 5.73 Å². The number of nitrogens with two attached hydrogens (primary N) is 1. The van der Waals surface area contributed by atoms with Crippen LogP contribution in [-0.2, 0) is 20.9 Å². The zero-order valence-electron chi connectivity index (χ0n) is 12.8. The first-order chi connectivity index (χ1) is 11.0. The van der Waals surface area contributed by atoms with Gasteiger partial charge >= 0.3 is 5.97 Å². The number of carboxylic acids is 1. The number of nitrogens with one attached hydrogen (secondary N) is 1. The lowest BCUT2D eigenvalue weighted by Crippen LogP contribution is -2.51. The van der Waals surface area contributed by atoms with Crippen molar-refractivity contribution in [1.29, 1.82) is 0 Å². The van der Waals surface area contributed by atoms with E-state index in [4.69, 9.17) is 5.73 Å². The molecule has 0 aliphatic carbocycles. The topological polar surface area (TPSA) is 113 Å². The largest absolute Gasteiger partial charge is 0.480 e. The van der Waals surface area contributed by atoms with Crippen LogP contribution in [0.15, 0.2) is 30.3 Å². The van der Waals surface area contributed by atoms with Crippen LogP contribution in [-0.4, -0.2) is 46.4 Å². The molecule has 4 N–H and O–H groups in total.